The van der Waals surface area contributed by atoms with Crippen LogP contribution >= 0.6 is 11.6 Å². The van der Waals surface area contributed by atoms with Crippen LogP contribution in [0.25, 0.3) is 0 Å². The largest absolute Gasteiger partial charge is 0.377 e. The number of hydrazine groups is 1. The molecule has 1 heterocycles. The number of anilines is 2. The molecule has 0 aliphatic heterocycles. The van der Waals surface area contributed by atoms with E-state index in [1.165, 1.54) is 0 Å². The van der Waals surface area contributed by atoms with Crippen LogP contribution in [0.2, 0.25) is 5.02 Å². The molecule has 1 atom stereocenters. The maximum Gasteiger partial charge on any atom is 0.158 e. The average Bonchev–Trinajstić information content (AvgIpc) is 2.47. The van der Waals surface area contributed by atoms with Crippen LogP contribution in [0.5, 0.6) is 0 Å². The summed E-state index contributed by atoms with van der Waals surface area (Å²) in [5, 5.41) is 4.00. The zero-order chi connectivity index (χ0) is 15.2. The second-order valence-electron chi connectivity index (χ2n) is 4.55. The Morgan fingerprint density at radius 1 is 1.29 bits per heavy atom. The lowest BCUT2D eigenvalue weighted by Crippen LogP contribution is -2.14. The molecule has 0 spiro atoms. The monoisotopic (exact) mass is 307 g/mol. The number of nitrogen functional groups attached to an aromatic ring is 1. The minimum Gasteiger partial charge on any atom is -0.377 e. The normalized spacial score (nSPS) is 12.0. The Labute approximate surface area is 128 Å². The number of nitrogens with one attached hydrogen (secondary N) is 2. The molecule has 1 aromatic carbocycles. The van der Waals surface area contributed by atoms with Gasteiger partial charge in [-0.1, -0.05) is 23.7 Å². The van der Waals surface area contributed by atoms with Gasteiger partial charge in [0.05, 0.1) is 0 Å². The summed E-state index contributed by atoms with van der Waals surface area (Å²) in [4.78, 5) is 8.59. The predicted molar refractivity (Wildman–Crippen MR) is 84.0 cm³/mol. The minimum absolute atomic E-state index is 0.0413. The summed E-state index contributed by atoms with van der Waals surface area (Å²) < 4.78 is 5.05. The number of hydrogen-bond acceptors (Lipinski definition) is 6. The van der Waals surface area contributed by atoms with E-state index in [0.717, 1.165) is 5.56 Å². The molecule has 0 aliphatic rings. The highest BCUT2D eigenvalue weighted by atomic mass is 35.5. The molecule has 21 heavy (non-hydrogen) atoms. The van der Waals surface area contributed by atoms with Crippen LogP contribution in [0.4, 0.5) is 11.6 Å². The fraction of sp³-hybridized carbons (Fsp3) is 0.286. The number of rotatable bonds is 6. The molecule has 2 rings (SSSR count). The third-order valence-electron chi connectivity index (χ3n) is 2.91. The number of nitrogens with zero attached hydrogens (tertiary/aromatic N) is 2. The van der Waals surface area contributed by atoms with Gasteiger partial charge in [-0.15, -0.1) is 0 Å². The molecule has 0 aliphatic carbocycles. The van der Waals surface area contributed by atoms with Crippen molar-refractivity contribution in [1.29, 1.82) is 0 Å². The van der Waals surface area contributed by atoms with Gasteiger partial charge in [-0.2, -0.15) is 0 Å². The number of benzene rings is 1. The summed E-state index contributed by atoms with van der Waals surface area (Å²) >= 11 is 6.01. The van der Waals surface area contributed by atoms with E-state index < -0.39 is 0 Å². The molecule has 0 radical (unpaired) electrons. The fourth-order valence-corrected chi connectivity index (χ4v) is 2.12. The van der Waals surface area contributed by atoms with Crippen molar-refractivity contribution >= 4 is 23.2 Å². The Kier molecular flexibility index (Phi) is 5.32. The van der Waals surface area contributed by atoms with Crippen molar-refractivity contribution in [2.75, 3.05) is 17.9 Å². The molecule has 2 aromatic rings. The molecule has 112 valence electrons. The first-order valence-electron chi connectivity index (χ1n) is 6.48. The van der Waals surface area contributed by atoms with Crippen molar-refractivity contribution in [3.63, 3.8) is 0 Å². The zero-order valence-corrected chi connectivity index (χ0v) is 12.7. The summed E-state index contributed by atoms with van der Waals surface area (Å²) in [6.07, 6.45) is 0. The topological polar surface area (TPSA) is 85.1 Å². The van der Waals surface area contributed by atoms with Gasteiger partial charge in [0.1, 0.15) is 18.2 Å². The molecule has 0 saturated carbocycles. The molecule has 7 heteroatoms. The standard InChI is InChI=1S/C14H18ClN5O/c1-9(10-4-3-5-11(15)6-10)17-12-7-13(20-16)19-14(18-12)8-21-2/h3-7,9H,8,16H2,1-2H3,(H2,17,18,19,20). The van der Waals surface area contributed by atoms with E-state index in [4.69, 9.17) is 22.2 Å². The van der Waals surface area contributed by atoms with Crippen molar-refractivity contribution in [2.45, 2.75) is 19.6 Å². The molecular weight excluding hydrogens is 290 g/mol. The molecular formula is C14H18ClN5O. The molecule has 6 nitrogen and oxygen atoms in total. The lowest BCUT2D eigenvalue weighted by Gasteiger charge is -2.16. The van der Waals surface area contributed by atoms with Gasteiger partial charge in [0.25, 0.3) is 0 Å². The average molecular weight is 308 g/mol. The van der Waals surface area contributed by atoms with Gasteiger partial charge in [0.2, 0.25) is 0 Å². The maximum absolute atomic E-state index is 6.01. The third kappa shape index (κ3) is 4.29. The van der Waals surface area contributed by atoms with Crippen molar-refractivity contribution < 1.29 is 4.74 Å². The van der Waals surface area contributed by atoms with Gasteiger partial charge in [-0.05, 0) is 24.6 Å². The van der Waals surface area contributed by atoms with Crippen LogP contribution in [0.1, 0.15) is 24.4 Å². The Morgan fingerprint density at radius 2 is 2.05 bits per heavy atom. The summed E-state index contributed by atoms with van der Waals surface area (Å²) in [6, 6.07) is 9.45. The van der Waals surface area contributed by atoms with E-state index in [1.54, 1.807) is 13.2 Å². The molecule has 0 fully saturated rings. The number of aromatic nitrogens is 2. The van der Waals surface area contributed by atoms with Crippen molar-refractivity contribution in [1.82, 2.24) is 9.97 Å². The second-order valence-corrected chi connectivity index (χ2v) is 4.99. The van der Waals surface area contributed by atoms with Crippen LogP contribution < -0.4 is 16.6 Å². The van der Waals surface area contributed by atoms with Gasteiger partial charge < -0.3 is 15.5 Å². The van der Waals surface area contributed by atoms with Gasteiger partial charge in [-0.25, -0.2) is 15.8 Å². The Morgan fingerprint density at radius 3 is 2.71 bits per heavy atom. The SMILES string of the molecule is COCc1nc(NN)cc(NC(C)c2cccc(Cl)c2)n1. The zero-order valence-electron chi connectivity index (χ0n) is 11.9. The highest BCUT2D eigenvalue weighted by Gasteiger charge is 2.09. The van der Waals surface area contributed by atoms with Crippen LogP contribution in [0.3, 0.4) is 0 Å². The Balaban J connectivity index is 2.19. The van der Waals surface area contributed by atoms with Crippen molar-refractivity contribution in [3.05, 3.63) is 46.7 Å². The van der Waals surface area contributed by atoms with E-state index in [1.807, 2.05) is 31.2 Å². The first-order valence-corrected chi connectivity index (χ1v) is 6.85. The van der Waals surface area contributed by atoms with E-state index >= 15 is 0 Å². The van der Waals surface area contributed by atoms with Crippen LogP contribution in [0.15, 0.2) is 30.3 Å². The highest BCUT2D eigenvalue weighted by molar-refractivity contribution is 6.30. The summed E-state index contributed by atoms with van der Waals surface area (Å²) in [6.45, 7) is 2.34. The summed E-state index contributed by atoms with van der Waals surface area (Å²) in [5.41, 5.74) is 3.59. The first-order chi connectivity index (χ1) is 10.1. The third-order valence-corrected chi connectivity index (χ3v) is 3.14. The minimum atomic E-state index is 0.0413. The van der Waals surface area contributed by atoms with Gasteiger partial charge in [-0.3, -0.25) is 0 Å². The summed E-state index contributed by atoms with van der Waals surface area (Å²) in [7, 11) is 1.59. The Hall–Kier alpha value is -1.89. The number of halogens is 1. The molecule has 0 amide bonds. The number of hydrogen-bond donors (Lipinski definition) is 3. The van der Waals surface area contributed by atoms with Gasteiger partial charge in [0.15, 0.2) is 5.82 Å². The quantitative estimate of drug-likeness (QED) is 0.562. The molecule has 4 N–H and O–H groups in total. The van der Waals surface area contributed by atoms with E-state index in [9.17, 15) is 0 Å². The number of methoxy groups -OCH3 is 1. The number of nitrogens with two attached hydrogens (primary N) is 1. The molecule has 0 bridgehead atoms. The summed E-state index contributed by atoms with van der Waals surface area (Å²) in [5.74, 6) is 7.16. The Bertz CT molecular complexity index is 608. The predicted octanol–water partition coefficient (Wildman–Crippen LogP) is 2.74. The lowest BCUT2D eigenvalue weighted by molar-refractivity contribution is 0.178. The smallest absolute Gasteiger partial charge is 0.158 e. The maximum atomic E-state index is 6.01. The number of ether oxygens (including phenoxy) is 1. The van der Waals surface area contributed by atoms with E-state index in [-0.39, 0.29) is 6.04 Å². The molecule has 0 saturated heterocycles. The highest BCUT2D eigenvalue weighted by Crippen LogP contribution is 2.22. The van der Waals surface area contributed by atoms with Crippen LogP contribution in [0, 0.1) is 0 Å². The molecule has 1 unspecified atom stereocenters. The van der Waals surface area contributed by atoms with Crippen LogP contribution in [-0.2, 0) is 11.3 Å². The van der Waals surface area contributed by atoms with E-state index in [2.05, 4.69) is 20.7 Å². The second kappa shape index (κ2) is 7.21. The van der Waals surface area contributed by atoms with E-state index in [0.29, 0.717) is 29.1 Å². The van der Waals surface area contributed by atoms with Crippen molar-refractivity contribution in [3.8, 4) is 0 Å². The molecule has 1 aromatic heterocycles. The van der Waals surface area contributed by atoms with Crippen molar-refractivity contribution in [2.24, 2.45) is 5.84 Å². The van der Waals surface area contributed by atoms with Gasteiger partial charge >= 0.3 is 0 Å². The van der Waals surface area contributed by atoms with Gasteiger partial charge in [0, 0.05) is 24.2 Å². The van der Waals surface area contributed by atoms with Crippen LogP contribution in [-0.4, -0.2) is 17.1 Å². The first kappa shape index (κ1) is 15.5. The lowest BCUT2D eigenvalue weighted by atomic mass is 10.1. The fourth-order valence-electron chi connectivity index (χ4n) is 1.92.